The van der Waals surface area contributed by atoms with Gasteiger partial charge in [0.15, 0.2) is 0 Å². The molecule has 0 fully saturated rings. The van der Waals surface area contributed by atoms with Crippen molar-refractivity contribution in [3.05, 3.63) is 81.4 Å². The van der Waals surface area contributed by atoms with E-state index in [1.165, 1.54) is 46.3 Å². The Hall–Kier alpha value is -3.18. The molecule has 0 saturated carbocycles. The minimum absolute atomic E-state index is 0.0471. The van der Waals surface area contributed by atoms with Gasteiger partial charge in [-0.15, -0.1) is 11.3 Å². The fourth-order valence-corrected chi connectivity index (χ4v) is 6.19. The molecule has 34 heavy (non-hydrogen) atoms. The maximum atomic E-state index is 13.6. The van der Waals surface area contributed by atoms with Crippen LogP contribution in [0.25, 0.3) is 10.9 Å². The number of nitrogens with zero attached hydrogens (tertiary/aromatic N) is 2. The van der Waals surface area contributed by atoms with Gasteiger partial charge < -0.3 is 9.88 Å². The van der Waals surface area contributed by atoms with E-state index < -0.39 is 0 Å². The fourth-order valence-electron chi connectivity index (χ4n) is 4.96. The van der Waals surface area contributed by atoms with Gasteiger partial charge in [0, 0.05) is 46.0 Å². The summed E-state index contributed by atoms with van der Waals surface area (Å²) in [5.41, 5.74) is 7.37. The lowest BCUT2D eigenvalue weighted by Gasteiger charge is -2.12. The first-order chi connectivity index (χ1) is 16.5. The minimum atomic E-state index is -0.0471. The fraction of sp³-hybridized carbons (Fsp3) is 0.310. The molecule has 2 heterocycles. The highest BCUT2D eigenvalue weighted by Gasteiger charge is 2.24. The molecule has 1 aliphatic carbocycles. The molecule has 4 nitrogen and oxygen atoms in total. The molecule has 5 rings (SSSR count). The van der Waals surface area contributed by atoms with Gasteiger partial charge in [-0.2, -0.15) is 0 Å². The number of thiophene rings is 1. The molecule has 0 unspecified atom stereocenters. The summed E-state index contributed by atoms with van der Waals surface area (Å²) in [6.45, 7) is 4.15. The van der Waals surface area contributed by atoms with E-state index in [1.807, 2.05) is 37.4 Å². The molecule has 0 radical (unpaired) electrons. The minimum Gasteiger partial charge on any atom is -0.347 e. The highest BCUT2D eigenvalue weighted by molar-refractivity contribution is 7.16. The average molecular weight is 470 g/mol. The third kappa shape index (κ3) is 4.21. The summed E-state index contributed by atoms with van der Waals surface area (Å²) in [6, 6.07) is 16.4. The second-order valence-corrected chi connectivity index (χ2v) is 10.3. The summed E-state index contributed by atoms with van der Waals surface area (Å²) < 4.78 is 2.20. The van der Waals surface area contributed by atoms with E-state index in [0.717, 1.165) is 46.6 Å². The second-order valence-electron chi connectivity index (χ2n) is 9.20. The summed E-state index contributed by atoms with van der Waals surface area (Å²) in [4.78, 5) is 19.9. The first kappa shape index (κ1) is 22.6. The van der Waals surface area contributed by atoms with Gasteiger partial charge in [0.25, 0.3) is 5.91 Å². The Bertz CT molecular complexity index is 1390. The Kier molecular flexibility index (Phi) is 6.38. The number of aliphatic imine (C=N–C) groups is 1. The predicted molar refractivity (Wildman–Crippen MR) is 144 cm³/mol. The van der Waals surface area contributed by atoms with Crippen LogP contribution in [0.4, 0.5) is 10.7 Å². The molecule has 174 valence electrons. The molecule has 1 amide bonds. The van der Waals surface area contributed by atoms with Gasteiger partial charge in [-0.3, -0.25) is 4.79 Å². The molecule has 2 aromatic heterocycles. The summed E-state index contributed by atoms with van der Waals surface area (Å²) in [6.07, 6.45) is 8.73. The molecule has 4 aromatic rings. The van der Waals surface area contributed by atoms with Crippen LogP contribution in [-0.2, 0) is 19.9 Å². The number of carbonyl (C=O) groups is 1. The highest BCUT2D eigenvalue weighted by atomic mass is 32.1. The second kappa shape index (κ2) is 9.59. The van der Waals surface area contributed by atoms with E-state index in [1.54, 1.807) is 11.3 Å². The largest absolute Gasteiger partial charge is 0.347 e. The maximum absolute atomic E-state index is 13.6. The van der Waals surface area contributed by atoms with Gasteiger partial charge in [-0.25, -0.2) is 4.99 Å². The van der Waals surface area contributed by atoms with Gasteiger partial charge in [-0.05, 0) is 62.8 Å². The zero-order valence-electron chi connectivity index (χ0n) is 20.1. The number of hydrogen-bond acceptors (Lipinski definition) is 3. The van der Waals surface area contributed by atoms with Gasteiger partial charge in [-0.1, -0.05) is 49.2 Å². The topological polar surface area (TPSA) is 46.4 Å². The molecule has 0 saturated heterocycles. The number of nitrogens with one attached hydrogen (secondary N) is 1. The number of aromatic nitrogens is 1. The molecule has 0 bridgehead atoms. The Morgan fingerprint density at radius 2 is 1.74 bits per heavy atom. The smallest absolute Gasteiger partial charge is 0.259 e. The number of anilines is 1. The lowest BCUT2D eigenvalue weighted by molar-refractivity contribution is 0.102. The number of aryl methyl sites for hydroxylation is 3. The SMILES string of the molecule is Cc1ccccc1NC(=O)c1c(N=Cc2c(C)n(C)c3ccccc23)sc2c1CCCCCC2. The van der Waals surface area contributed by atoms with E-state index in [2.05, 4.69) is 48.1 Å². The van der Waals surface area contributed by atoms with Crippen LogP contribution < -0.4 is 5.32 Å². The summed E-state index contributed by atoms with van der Waals surface area (Å²) >= 11 is 1.70. The molecule has 1 aliphatic rings. The molecule has 0 atom stereocenters. The van der Waals surface area contributed by atoms with Gasteiger partial charge >= 0.3 is 0 Å². The van der Waals surface area contributed by atoms with Crippen LogP contribution in [0.15, 0.2) is 53.5 Å². The standard InChI is InChI=1S/C29H31N3OS/c1-19-12-8-10-15-24(19)31-28(33)27-22-14-6-4-5-7-17-26(22)34-29(27)30-18-23-20(2)32(3)25-16-11-9-13-21(23)25/h8-13,15-16,18H,4-7,14,17H2,1-3H3,(H,31,33). The normalized spacial score (nSPS) is 14.2. The Labute approximate surface area is 205 Å². The average Bonchev–Trinajstić information content (AvgIpc) is 3.28. The van der Waals surface area contributed by atoms with Crippen molar-refractivity contribution in [1.29, 1.82) is 0 Å². The molecule has 0 aliphatic heterocycles. The lowest BCUT2D eigenvalue weighted by Crippen LogP contribution is -2.15. The van der Waals surface area contributed by atoms with Crippen molar-refractivity contribution in [2.45, 2.75) is 52.4 Å². The number of hydrogen-bond donors (Lipinski definition) is 1. The number of carbonyl (C=O) groups excluding carboxylic acids is 1. The first-order valence-corrected chi connectivity index (χ1v) is 13.0. The Balaban J connectivity index is 1.58. The van der Waals surface area contributed by atoms with Crippen molar-refractivity contribution in [3.63, 3.8) is 0 Å². The molecule has 5 heteroatoms. The molecule has 0 spiro atoms. The predicted octanol–water partition coefficient (Wildman–Crippen LogP) is 7.52. The van der Waals surface area contributed by atoms with E-state index >= 15 is 0 Å². The number of rotatable bonds is 4. The maximum Gasteiger partial charge on any atom is 0.259 e. The molecule has 1 N–H and O–H groups in total. The van der Waals surface area contributed by atoms with Crippen LogP contribution in [0.1, 0.15) is 63.3 Å². The van der Waals surface area contributed by atoms with E-state index in [-0.39, 0.29) is 5.91 Å². The zero-order valence-corrected chi connectivity index (χ0v) is 21.0. The van der Waals surface area contributed by atoms with Crippen LogP contribution in [-0.4, -0.2) is 16.7 Å². The van der Waals surface area contributed by atoms with Gasteiger partial charge in [0.1, 0.15) is 5.00 Å². The number of fused-ring (bicyclic) bond motifs is 2. The van der Waals surface area contributed by atoms with Crippen molar-refractivity contribution in [2.24, 2.45) is 12.0 Å². The number of para-hydroxylation sites is 2. The van der Waals surface area contributed by atoms with Crippen LogP contribution in [0.5, 0.6) is 0 Å². The third-order valence-electron chi connectivity index (χ3n) is 7.03. The number of amides is 1. The van der Waals surface area contributed by atoms with Crippen molar-refractivity contribution in [1.82, 2.24) is 4.57 Å². The van der Waals surface area contributed by atoms with Gasteiger partial charge in [0.05, 0.1) is 5.56 Å². The van der Waals surface area contributed by atoms with E-state index in [0.29, 0.717) is 0 Å². The van der Waals surface area contributed by atoms with Crippen LogP contribution >= 0.6 is 11.3 Å². The lowest BCUT2D eigenvalue weighted by atomic mass is 9.96. The zero-order chi connectivity index (χ0) is 23.7. The van der Waals surface area contributed by atoms with E-state index in [4.69, 9.17) is 4.99 Å². The molecular weight excluding hydrogens is 438 g/mol. The summed E-state index contributed by atoms with van der Waals surface area (Å²) in [7, 11) is 2.09. The third-order valence-corrected chi connectivity index (χ3v) is 8.23. The van der Waals surface area contributed by atoms with Crippen LogP contribution in [0.2, 0.25) is 0 Å². The van der Waals surface area contributed by atoms with Crippen molar-refractivity contribution in [2.75, 3.05) is 5.32 Å². The van der Waals surface area contributed by atoms with Crippen molar-refractivity contribution in [3.8, 4) is 0 Å². The highest BCUT2D eigenvalue weighted by Crippen LogP contribution is 2.39. The summed E-state index contributed by atoms with van der Waals surface area (Å²) in [5, 5.41) is 5.18. The Morgan fingerprint density at radius 1 is 1.00 bits per heavy atom. The van der Waals surface area contributed by atoms with Crippen LogP contribution in [0, 0.1) is 13.8 Å². The molecule has 2 aromatic carbocycles. The van der Waals surface area contributed by atoms with Crippen LogP contribution in [0.3, 0.4) is 0 Å². The van der Waals surface area contributed by atoms with E-state index in [9.17, 15) is 4.79 Å². The number of benzene rings is 2. The van der Waals surface area contributed by atoms with Gasteiger partial charge in [0.2, 0.25) is 0 Å². The van der Waals surface area contributed by atoms with Crippen molar-refractivity contribution >= 4 is 45.0 Å². The van der Waals surface area contributed by atoms with Crippen molar-refractivity contribution < 1.29 is 4.79 Å². The summed E-state index contributed by atoms with van der Waals surface area (Å²) in [5.74, 6) is -0.0471. The quantitative estimate of drug-likeness (QED) is 0.309. The monoisotopic (exact) mass is 469 g/mol. The first-order valence-electron chi connectivity index (χ1n) is 12.1. The Morgan fingerprint density at radius 3 is 2.56 bits per heavy atom. The molecular formula is C29H31N3OS.